The van der Waals surface area contributed by atoms with Gasteiger partial charge in [-0.3, -0.25) is 9.48 Å². The van der Waals surface area contributed by atoms with Crippen LogP contribution in [0.1, 0.15) is 24.3 Å². The lowest BCUT2D eigenvalue weighted by Crippen LogP contribution is -2.07. The quantitative estimate of drug-likeness (QED) is 0.635. The SMILES string of the molecule is CCn1ncc(OC)c1C(C)=O. The van der Waals surface area contributed by atoms with Crippen molar-refractivity contribution in [2.24, 2.45) is 0 Å². The Morgan fingerprint density at radius 3 is 2.83 bits per heavy atom. The summed E-state index contributed by atoms with van der Waals surface area (Å²) in [5.41, 5.74) is 0.542. The minimum absolute atomic E-state index is 0.0220. The minimum atomic E-state index is -0.0220. The molecule has 0 saturated carbocycles. The summed E-state index contributed by atoms with van der Waals surface area (Å²) in [6, 6.07) is 0. The first-order chi connectivity index (χ1) is 5.70. The van der Waals surface area contributed by atoms with Crippen LogP contribution in [0.25, 0.3) is 0 Å². The number of carbonyl (C=O) groups excluding carboxylic acids is 1. The normalized spacial score (nSPS) is 9.92. The predicted octanol–water partition coefficient (Wildman–Crippen LogP) is 1.11. The van der Waals surface area contributed by atoms with E-state index in [1.54, 1.807) is 10.9 Å². The molecule has 1 rings (SSSR count). The van der Waals surface area contributed by atoms with Crippen molar-refractivity contribution in [1.82, 2.24) is 9.78 Å². The molecule has 1 aromatic heterocycles. The van der Waals surface area contributed by atoms with Gasteiger partial charge < -0.3 is 4.74 Å². The molecule has 1 aromatic rings. The molecule has 12 heavy (non-hydrogen) atoms. The lowest BCUT2D eigenvalue weighted by molar-refractivity contribution is 0.1000. The molecular weight excluding hydrogens is 156 g/mol. The van der Waals surface area contributed by atoms with Crippen molar-refractivity contribution in [3.8, 4) is 5.75 Å². The smallest absolute Gasteiger partial charge is 0.181 e. The third-order valence-corrected chi connectivity index (χ3v) is 1.66. The van der Waals surface area contributed by atoms with Gasteiger partial charge in [-0.2, -0.15) is 5.10 Å². The summed E-state index contributed by atoms with van der Waals surface area (Å²) in [7, 11) is 1.53. The molecule has 0 spiro atoms. The van der Waals surface area contributed by atoms with Crippen LogP contribution in [0.5, 0.6) is 5.75 Å². The number of hydrogen-bond donors (Lipinski definition) is 0. The second-order valence-electron chi connectivity index (χ2n) is 2.43. The minimum Gasteiger partial charge on any atom is -0.493 e. The Hall–Kier alpha value is -1.32. The molecule has 66 valence electrons. The van der Waals surface area contributed by atoms with E-state index in [1.165, 1.54) is 14.0 Å². The van der Waals surface area contributed by atoms with Crippen molar-refractivity contribution >= 4 is 5.78 Å². The van der Waals surface area contributed by atoms with Crippen molar-refractivity contribution in [2.75, 3.05) is 7.11 Å². The maximum absolute atomic E-state index is 11.1. The number of methoxy groups -OCH3 is 1. The topological polar surface area (TPSA) is 44.1 Å². The molecule has 0 bridgehead atoms. The van der Waals surface area contributed by atoms with Crippen LogP contribution in [0, 0.1) is 0 Å². The maximum atomic E-state index is 11.1. The molecule has 0 aromatic carbocycles. The Morgan fingerprint density at radius 2 is 2.42 bits per heavy atom. The number of ether oxygens (including phenoxy) is 1. The van der Waals surface area contributed by atoms with E-state index in [4.69, 9.17) is 4.74 Å². The van der Waals surface area contributed by atoms with Gasteiger partial charge in [0, 0.05) is 13.5 Å². The van der Waals surface area contributed by atoms with Gasteiger partial charge in [0.25, 0.3) is 0 Å². The van der Waals surface area contributed by atoms with E-state index in [0.29, 0.717) is 18.0 Å². The Morgan fingerprint density at radius 1 is 1.75 bits per heavy atom. The van der Waals surface area contributed by atoms with Crippen molar-refractivity contribution in [3.63, 3.8) is 0 Å². The molecule has 0 saturated heterocycles. The first-order valence-electron chi connectivity index (χ1n) is 3.81. The highest BCUT2D eigenvalue weighted by molar-refractivity contribution is 5.95. The van der Waals surface area contributed by atoms with Crippen LogP contribution in [0.4, 0.5) is 0 Å². The van der Waals surface area contributed by atoms with Crippen molar-refractivity contribution in [1.29, 1.82) is 0 Å². The van der Waals surface area contributed by atoms with E-state index in [2.05, 4.69) is 5.10 Å². The summed E-state index contributed by atoms with van der Waals surface area (Å²) < 4.78 is 6.61. The average Bonchev–Trinajstić information content (AvgIpc) is 2.46. The third kappa shape index (κ3) is 1.32. The van der Waals surface area contributed by atoms with Crippen molar-refractivity contribution < 1.29 is 9.53 Å². The van der Waals surface area contributed by atoms with Crippen molar-refractivity contribution in [2.45, 2.75) is 20.4 Å². The van der Waals surface area contributed by atoms with Crippen LogP contribution in [-0.4, -0.2) is 22.7 Å². The van der Waals surface area contributed by atoms with Gasteiger partial charge in [-0.25, -0.2) is 0 Å². The summed E-state index contributed by atoms with van der Waals surface area (Å²) in [5.74, 6) is 0.524. The molecule has 4 heteroatoms. The van der Waals surface area contributed by atoms with E-state index in [-0.39, 0.29) is 5.78 Å². The monoisotopic (exact) mass is 168 g/mol. The van der Waals surface area contributed by atoms with Gasteiger partial charge >= 0.3 is 0 Å². The van der Waals surface area contributed by atoms with Gasteiger partial charge in [-0.05, 0) is 6.92 Å². The second kappa shape index (κ2) is 3.38. The molecule has 1 heterocycles. The summed E-state index contributed by atoms with van der Waals surface area (Å²) in [6.07, 6.45) is 1.56. The Labute approximate surface area is 71.1 Å². The Bertz CT molecular complexity index is 270. The maximum Gasteiger partial charge on any atom is 0.181 e. The number of rotatable bonds is 3. The van der Waals surface area contributed by atoms with Crippen LogP contribution >= 0.6 is 0 Å². The van der Waals surface area contributed by atoms with Gasteiger partial charge in [-0.1, -0.05) is 0 Å². The van der Waals surface area contributed by atoms with Crippen LogP contribution in [-0.2, 0) is 6.54 Å². The second-order valence-corrected chi connectivity index (χ2v) is 2.43. The summed E-state index contributed by atoms with van der Waals surface area (Å²) in [6.45, 7) is 4.11. The molecule has 4 nitrogen and oxygen atoms in total. The molecule has 0 N–H and O–H groups in total. The average molecular weight is 168 g/mol. The van der Waals surface area contributed by atoms with E-state index in [0.717, 1.165) is 0 Å². The third-order valence-electron chi connectivity index (χ3n) is 1.66. The number of hydrogen-bond acceptors (Lipinski definition) is 3. The zero-order valence-electron chi connectivity index (χ0n) is 7.50. The van der Waals surface area contributed by atoms with Crippen LogP contribution in [0.15, 0.2) is 6.20 Å². The van der Waals surface area contributed by atoms with E-state index in [1.807, 2.05) is 6.92 Å². The summed E-state index contributed by atoms with van der Waals surface area (Å²) in [4.78, 5) is 11.1. The number of Topliss-reactive ketones (excluding diaryl/α,β-unsaturated/α-hetero) is 1. The highest BCUT2D eigenvalue weighted by Crippen LogP contribution is 2.17. The molecule has 0 aliphatic heterocycles. The molecule has 0 aliphatic carbocycles. The molecular formula is C8H12N2O2. The largest absolute Gasteiger partial charge is 0.493 e. The number of nitrogens with zero attached hydrogens (tertiary/aromatic N) is 2. The zero-order chi connectivity index (χ0) is 9.14. The van der Waals surface area contributed by atoms with Gasteiger partial charge in [0.05, 0.1) is 13.3 Å². The molecule has 0 atom stereocenters. The molecule has 0 unspecified atom stereocenters. The first kappa shape index (κ1) is 8.77. The number of carbonyl (C=O) groups is 1. The van der Waals surface area contributed by atoms with Gasteiger partial charge in [0.2, 0.25) is 0 Å². The van der Waals surface area contributed by atoms with Crippen LogP contribution < -0.4 is 4.74 Å². The standard InChI is InChI=1S/C8H12N2O2/c1-4-10-8(6(2)11)7(12-3)5-9-10/h5H,4H2,1-3H3. The fourth-order valence-corrected chi connectivity index (χ4v) is 1.11. The van der Waals surface area contributed by atoms with E-state index in [9.17, 15) is 4.79 Å². The zero-order valence-corrected chi connectivity index (χ0v) is 7.50. The number of aromatic nitrogens is 2. The van der Waals surface area contributed by atoms with Gasteiger partial charge in [-0.15, -0.1) is 0 Å². The van der Waals surface area contributed by atoms with Gasteiger partial charge in [0.1, 0.15) is 5.69 Å². The van der Waals surface area contributed by atoms with Crippen LogP contribution in [0.3, 0.4) is 0 Å². The lowest BCUT2D eigenvalue weighted by atomic mass is 10.3. The highest BCUT2D eigenvalue weighted by Gasteiger charge is 2.13. The van der Waals surface area contributed by atoms with E-state index < -0.39 is 0 Å². The molecule has 0 radical (unpaired) electrons. The van der Waals surface area contributed by atoms with Crippen LogP contribution in [0.2, 0.25) is 0 Å². The Kier molecular flexibility index (Phi) is 2.47. The molecule has 0 aliphatic rings. The molecule has 0 fully saturated rings. The summed E-state index contributed by atoms with van der Waals surface area (Å²) in [5, 5.41) is 4.00. The van der Waals surface area contributed by atoms with Gasteiger partial charge in [0.15, 0.2) is 11.5 Å². The number of aryl methyl sites for hydroxylation is 1. The fourth-order valence-electron chi connectivity index (χ4n) is 1.11. The number of ketones is 1. The highest BCUT2D eigenvalue weighted by atomic mass is 16.5. The first-order valence-corrected chi connectivity index (χ1v) is 3.81. The van der Waals surface area contributed by atoms with Crippen molar-refractivity contribution in [3.05, 3.63) is 11.9 Å². The Balaban J connectivity index is 3.16. The summed E-state index contributed by atoms with van der Waals surface area (Å²) >= 11 is 0. The van der Waals surface area contributed by atoms with E-state index >= 15 is 0 Å². The lowest BCUT2D eigenvalue weighted by Gasteiger charge is -2.02. The molecule has 0 amide bonds. The predicted molar refractivity (Wildman–Crippen MR) is 44.5 cm³/mol. The fraction of sp³-hybridized carbons (Fsp3) is 0.500.